The second-order valence-corrected chi connectivity index (χ2v) is 5.82. The van der Waals surface area contributed by atoms with Gasteiger partial charge in [0.25, 0.3) is 5.69 Å². The number of non-ortho nitro benzene ring substituents is 1. The fourth-order valence-electron chi connectivity index (χ4n) is 2.72. The number of benzene rings is 2. The van der Waals surface area contributed by atoms with E-state index in [1.165, 1.54) is 12.1 Å². The van der Waals surface area contributed by atoms with Crippen molar-refractivity contribution in [2.24, 2.45) is 5.10 Å². The van der Waals surface area contributed by atoms with Crippen LogP contribution in [0.3, 0.4) is 0 Å². The summed E-state index contributed by atoms with van der Waals surface area (Å²) >= 11 is 0. The molecule has 1 aliphatic rings. The normalized spacial score (nSPS) is 14.7. The Bertz CT molecular complexity index is 848. The average Bonchev–Trinajstić information content (AvgIpc) is 3.06. The van der Waals surface area contributed by atoms with Crippen LogP contribution in [0, 0.1) is 10.1 Å². The summed E-state index contributed by atoms with van der Waals surface area (Å²) in [7, 11) is 0. The standard InChI is InChI=1S/C18H18N4O3/c1-13(19-20-15-6-3-8-17(12-15)22(24)25)14-5-2-7-16(11-14)21-10-4-9-18(21)23/h2-3,5-8,11-12,20H,4,9-10H2,1H3/b19-13-. The number of rotatable bonds is 5. The van der Waals surface area contributed by atoms with Crippen LogP contribution in [0.5, 0.6) is 0 Å². The van der Waals surface area contributed by atoms with E-state index in [1.54, 1.807) is 17.0 Å². The lowest BCUT2D eigenvalue weighted by Crippen LogP contribution is -2.23. The lowest BCUT2D eigenvalue weighted by molar-refractivity contribution is -0.384. The highest BCUT2D eigenvalue weighted by Crippen LogP contribution is 2.23. The third kappa shape index (κ3) is 3.82. The van der Waals surface area contributed by atoms with Crippen LogP contribution < -0.4 is 10.3 Å². The number of hydrazone groups is 1. The quantitative estimate of drug-likeness (QED) is 0.513. The van der Waals surface area contributed by atoms with E-state index in [2.05, 4.69) is 10.5 Å². The van der Waals surface area contributed by atoms with Crippen LogP contribution in [-0.2, 0) is 4.79 Å². The molecular weight excluding hydrogens is 320 g/mol. The molecule has 2 aromatic rings. The Balaban J connectivity index is 1.77. The van der Waals surface area contributed by atoms with Gasteiger partial charge in [-0.15, -0.1) is 0 Å². The van der Waals surface area contributed by atoms with Gasteiger partial charge in [-0.2, -0.15) is 5.10 Å². The minimum Gasteiger partial charge on any atom is -0.312 e. The molecule has 1 saturated heterocycles. The summed E-state index contributed by atoms with van der Waals surface area (Å²) in [4.78, 5) is 24.0. The molecule has 0 unspecified atom stereocenters. The number of nitro groups is 1. The van der Waals surface area contributed by atoms with Crippen molar-refractivity contribution in [2.75, 3.05) is 16.9 Å². The Morgan fingerprint density at radius 1 is 1.24 bits per heavy atom. The molecule has 7 nitrogen and oxygen atoms in total. The fraction of sp³-hybridized carbons (Fsp3) is 0.222. The van der Waals surface area contributed by atoms with Gasteiger partial charge in [0.1, 0.15) is 0 Å². The van der Waals surface area contributed by atoms with Crippen LogP contribution >= 0.6 is 0 Å². The molecule has 7 heteroatoms. The lowest BCUT2D eigenvalue weighted by Gasteiger charge is -2.16. The first-order valence-electron chi connectivity index (χ1n) is 8.00. The molecule has 25 heavy (non-hydrogen) atoms. The lowest BCUT2D eigenvalue weighted by atomic mass is 10.1. The molecule has 1 N–H and O–H groups in total. The Kier molecular flexibility index (Phi) is 4.74. The molecule has 1 aliphatic heterocycles. The number of hydrogen-bond donors (Lipinski definition) is 1. The van der Waals surface area contributed by atoms with Crippen molar-refractivity contribution in [3.63, 3.8) is 0 Å². The molecular formula is C18H18N4O3. The zero-order chi connectivity index (χ0) is 17.8. The van der Waals surface area contributed by atoms with Gasteiger partial charge in [0.05, 0.1) is 16.3 Å². The Morgan fingerprint density at radius 2 is 2.04 bits per heavy atom. The first-order chi connectivity index (χ1) is 12.0. The van der Waals surface area contributed by atoms with Gasteiger partial charge in [-0.05, 0) is 37.1 Å². The van der Waals surface area contributed by atoms with Crippen molar-refractivity contribution in [2.45, 2.75) is 19.8 Å². The van der Waals surface area contributed by atoms with Crippen LogP contribution in [0.2, 0.25) is 0 Å². The van der Waals surface area contributed by atoms with Gasteiger partial charge in [-0.25, -0.2) is 0 Å². The average molecular weight is 338 g/mol. The summed E-state index contributed by atoms with van der Waals surface area (Å²) in [6, 6.07) is 13.8. The van der Waals surface area contributed by atoms with E-state index in [9.17, 15) is 14.9 Å². The van der Waals surface area contributed by atoms with Gasteiger partial charge in [0.15, 0.2) is 0 Å². The van der Waals surface area contributed by atoms with Crippen molar-refractivity contribution in [3.05, 3.63) is 64.2 Å². The van der Waals surface area contributed by atoms with E-state index >= 15 is 0 Å². The van der Waals surface area contributed by atoms with Crippen molar-refractivity contribution in [1.82, 2.24) is 0 Å². The van der Waals surface area contributed by atoms with E-state index in [0.29, 0.717) is 12.1 Å². The van der Waals surface area contributed by atoms with E-state index < -0.39 is 4.92 Å². The van der Waals surface area contributed by atoms with Gasteiger partial charge in [0.2, 0.25) is 5.91 Å². The number of hydrogen-bond acceptors (Lipinski definition) is 5. The molecule has 2 aromatic carbocycles. The number of amides is 1. The van der Waals surface area contributed by atoms with E-state index in [-0.39, 0.29) is 11.6 Å². The maximum Gasteiger partial charge on any atom is 0.271 e. The summed E-state index contributed by atoms with van der Waals surface area (Å²) in [5.41, 5.74) is 5.86. The second-order valence-electron chi connectivity index (χ2n) is 5.82. The minimum atomic E-state index is -0.446. The highest BCUT2D eigenvalue weighted by molar-refractivity contribution is 6.01. The number of anilines is 2. The highest BCUT2D eigenvalue weighted by Gasteiger charge is 2.21. The predicted molar refractivity (Wildman–Crippen MR) is 97.0 cm³/mol. The van der Waals surface area contributed by atoms with Crippen molar-refractivity contribution in [3.8, 4) is 0 Å². The summed E-state index contributed by atoms with van der Waals surface area (Å²) in [5, 5.41) is 15.1. The Hall–Kier alpha value is -3.22. The molecule has 128 valence electrons. The fourth-order valence-corrected chi connectivity index (χ4v) is 2.72. The zero-order valence-electron chi connectivity index (χ0n) is 13.8. The van der Waals surface area contributed by atoms with Crippen LogP contribution in [0.1, 0.15) is 25.3 Å². The molecule has 1 heterocycles. The largest absolute Gasteiger partial charge is 0.312 e. The van der Waals surface area contributed by atoms with Crippen LogP contribution in [0.15, 0.2) is 53.6 Å². The van der Waals surface area contributed by atoms with E-state index in [0.717, 1.165) is 29.9 Å². The van der Waals surface area contributed by atoms with E-state index in [1.807, 2.05) is 31.2 Å². The SMILES string of the molecule is C/C(=N/Nc1cccc([N+](=O)[O-])c1)c1cccc(N2CCCC2=O)c1. The van der Waals surface area contributed by atoms with Crippen molar-refractivity contribution in [1.29, 1.82) is 0 Å². The topological polar surface area (TPSA) is 87.8 Å². The third-order valence-corrected chi connectivity index (χ3v) is 4.06. The van der Waals surface area contributed by atoms with Gasteiger partial charge < -0.3 is 4.90 Å². The summed E-state index contributed by atoms with van der Waals surface area (Å²) in [5.74, 6) is 0.140. The van der Waals surface area contributed by atoms with Gasteiger partial charge in [-0.3, -0.25) is 20.3 Å². The van der Waals surface area contributed by atoms with Crippen LogP contribution in [-0.4, -0.2) is 23.1 Å². The zero-order valence-corrected chi connectivity index (χ0v) is 13.8. The summed E-state index contributed by atoms with van der Waals surface area (Å²) < 4.78 is 0. The first-order valence-corrected chi connectivity index (χ1v) is 8.00. The number of carbonyl (C=O) groups excluding carboxylic acids is 1. The molecule has 1 amide bonds. The Labute approximate surface area is 145 Å². The van der Waals surface area contributed by atoms with Crippen LogP contribution in [0.25, 0.3) is 0 Å². The maximum atomic E-state index is 11.9. The highest BCUT2D eigenvalue weighted by atomic mass is 16.6. The van der Waals surface area contributed by atoms with Crippen molar-refractivity contribution >= 4 is 28.7 Å². The first kappa shape index (κ1) is 16.6. The number of carbonyl (C=O) groups is 1. The molecule has 1 fully saturated rings. The molecule has 0 saturated carbocycles. The smallest absolute Gasteiger partial charge is 0.271 e. The summed E-state index contributed by atoms with van der Waals surface area (Å²) in [6.07, 6.45) is 1.47. The molecule has 0 bridgehead atoms. The van der Waals surface area contributed by atoms with Crippen molar-refractivity contribution < 1.29 is 9.72 Å². The monoisotopic (exact) mass is 338 g/mol. The molecule has 0 aromatic heterocycles. The third-order valence-electron chi connectivity index (χ3n) is 4.06. The van der Waals surface area contributed by atoms with E-state index in [4.69, 9.17) is 0 Å². The Morgan fingerprint density at radius 3 is 2.76 bits per heavy atom. The number of nitro benzene ring substituents is 1. The molecule has 3 rings (SSSR count). The van der Waals surface area contributed by atoms with Gasteiger partial charge in [-0.1, -0.05) is 18.2 Å². The molecule has 0 radical (unpaired) electrons. The minimum absolute atomic E-state index is 0.00685. The number of nitrogens with one attached hydrogen (secondary N) is 1. The summed E-state index contributed by atoms with van der Waals surface area (Å²) in [6.45, 7) is 2.58. The second kappa shape index (κ2) is 7.12. The predicted octanol–water partition coefficient (Wildman–Crippen LogP) is 3.56. The maximum absolute atomic E-state index is 11.9. The van der Waals surface area contributed by atoms with Gasteiger partial charge >= 0.3 is 0 Å². The number of nitrogens with zero attached hydrogens (tertiary/aromatic N) is 3. The molecule has 0 spiro atoms. The molecule has 0 aliphatic carbocycles. The van der Waals surface area contributed by atoms with Gasteiger partial charge in [0, 0.05) is 30.8 Å². The molecule has 0 atom stereocenters. The van der Waals surface area contributed by atoms with Crippen LogP contribution in [0.4, 0.5) is 17.1 Å².